The Kier molecular flexibility index (Phi) is 4.04. The highest BCUT2D eigenvalue weighted by Crippen LogP contribution is 2.30. The van der Waals surface area contributed by atoms with E-state index in [4.69, 9.17) is 11.6 Å². The van der Waals surface area contributed by atoms with E-state index in [1.807, 2.05) is 12.1 Å². The minimum Gasteiger partial charge on any atom is -0.388 e. The van der Waals surface area contributed by atoms with Crippen LogP contribution in [0.15, 0.2) is 30.3 Å². The third kappa shape index (κ3) is 3.59. The highest BCUT2D eigenvalue weighted by molar-refractivity contribution is 6.30. The number of nitrogens with one attached hydrogen (secondary N) is 1. The Balaban J connectivity index is 1.81. The van der Waals surface area contributed by atoms with Crippen molar-refractivity contribution < 1.29 is 9.90 Å². The summed E-state index contributed by atoms with van der Waals surface area (Å²) in [6.45, 7) is 0.330. The van der Waals surface area contributed by atoms with Gasteiger partial charge in [-0.25, -0.2) is 0 Å². The summed E-state index contributed by atoms with van der Waals surface area (Å²) in [5.74, 6) is -0.190. The molecule has 1 aliphatic rings. The van der Waals surface area contributed by atoms with Gasteiger partial charge in [0.15, 0.2) is 0 Å². The van der Waals surface area contributed by atoms with E-state index in [2.05, 4.69) is 5.32 Å². The van der Waals surface area contributed by atoms with Crippen molar-refractivity contribution in [2.24, 2.45) is 0 Å². The second-order valence-electron chi connectivity index (χ2n) is 4.68. The molecule has 1 aromatic carbocycles. The van der Waals surface area contributed by atoms with E-state index < -0.39 is 5.60 Å². The van der Waals surface area contributed by atoms with Gasteiger partial charge in [0.1, 0.15) is 0 Å². The van der Waals surface area contributed by atoms with Gasteiger partial charge in [0.25, 0.3) is 0 Å². The molecule has 18 heavy (non-hydrogen) atoms. The van der Waals surface area contributed by atoms with E-state index >= 15 is 0 Å². The Hall–Kier alpha value is -1.32. The van der Waals surface area contributed by atoms with Gasteiger partial charge >= 0.3 is 0 Å². The summed E-state index contributed by atoms with van der Waals surface area (Å²) in [6, 6.07) is 7.23. The van der Waals surface area contributed by atoms with Crippen LogP contribution in [0.3, 0.4) is 0 Å². The van der Waals surface area contributed by atoms with Crippen molar-refractivity contribution in [1.29, 1.82) is 0 Å². The van der Waals surface area contributed by atoms with Gasteiger partial charge in [-0.1, -0.05) is 23.7 Å². The first-order chi connectivity index (χ1) is 8.57. The second-order valence-corrected chi connectivity index (χ2v) is 5.12. The van der Waals surface area contributed by atoms with Crippen molar-refractivity contribution >= 4 is 23.6 Å². The van der Waals surface area contributed by atoms with Crippen LogP contribution < -0.4 is 5.32 Å². The van der Waals surface area contributed by atoms with Crippen molar-refractivity contribution in [2.75, 3.05) is 6.54 Å². The van der Waals surface area contributed by atoms with E-state index in [-0.39, 0.29) is 5.91 Å². The zero-order valence-electron chi connectivity index (χ0n) is 10.0. The molecule has 0 spiro atoms. The third-order valence-electron chi connectivity index (χ3n) is 3.17. The highest BCUT2D eigenvalue weighted by Gasteiger charge is 2.34. The molecule has 0 bridgehead atoms. The number of rotatable bonds is 4. The summed E-state index contributed by atoms with van der Waals surface area (Å²) in [6.07, 6.45) is 5.76. The predicted octanol–water partition coefficient (Wildman–Crippen LogP) is 2.38. The number of carbonyl (C=O) groups is 1. The quantitative estimate of drug-likeness (QED) is 0.822. The molecule has 0 aliphatic heterocycles. The molecule has 0 atom stereocenters. The average Bonchev–Trinajstić information content (AvgIpc) is 2.33. The number of aliphatic hydroxyl groups is 1. The van der Waals surface area contributed by atoms with Crippen molar-refractivity contribution in [2.45, 2.75) is 24.9 Å². The maximum absolute atomic E-state index is 11.5. The first kappa shape index (κ1) is 13.1. The number of hydrogen-bond acceptors (Lipinski definition) is 2. The van der Waals surface area contributed by atoms with E-state index in [0.29, 0.717) is 11.6 Å². The van der Waals surface area contributed by atoms with Crippen LogP contribution in [0, 0.1) is 0 Å². The molecule has 2 N–H and O–H groups in total. The standard InChI is InChI=1S/C14H16ClNO2/c15-12-5-2-11(3-6-12)4-7-13(17)16-10-14(18)8-1-9-14/h2-7,18H,1,8-10H2,(H,16,17)/b7-4+. The average molecular weight is 266 g/mol. The van der Waals surface area contributed by atoms with Crippen molar-refractivity contribution in [1.82, 2.24) is 5.32 Å². The summed E-state index contributed by atoms with van der Waals surface area (Å²) >= 11 is 5.77. The van der Waals surface area contributed by atoms with Gasteiger partial charge in [-0.15, -0.1) is 0 Å². The largest absolute Gasteiger partial charge is 0.388 e. The fourth-order valence-electron chi connectivity index (χ4n) is 1.82. The molecule has 4 heteroatoms. The maximum Gasteiger partial charge on any atom is 0.244 e. The SMILES string of the molecule is O=C(/C=C/c1ccc(Cl)cc1)NCC1(O)CCC1. The smallest absolute Gasteiger partial charge is 0.244 e. The number of amides is 1. The van der Waals surface area contributed by atoms with Gasteiger partial charge in [-0.3, -0.25) is 4.79 Å². The molecule has 0 unspecified atom stereocenters. The Morgan fingerprint density at radius 2 is 2.06 bits per heavy atom. The van der Waals surface area contributed by atoms with Crippen molar-refractivity contribution in [3.05, 3.63) is 40.9 Å². The molecule has 96 valence electrons. The van der Waals surface area contributed by atoms with Crippen LogP contribution in [-0.4, -0.2) is 23.2 Å². The van der Waals surface area contributed by atoms with E-state index in [0.717, 1.165) is 24.8 Å². The normalized spacial score (nSPS) is 17.4. The first-order valence-corrected chi connectivity index (χ1v) is 6.39. The molecular weight excluding hydrogens is 250 g/mol. The minimum absolute atomic E-state index is 0.190. The Bertz CT molecular complexity index is 449. The molecule has 1 amide bonds. The summed E-state index contributed by atoms with van der Waals surface area (Å²) in [5.41, 5.74) is 0.237. The summed E-state index contributed by atoms with van der Waals surface area (Å²) in [7, 11) is 0. The molecule has 1 saturated carbocycles. The number of halogens is 1. The van der Waals surface area contributed by atoms with Gasteiger partial charge in [-0.2, -0.15) is 0 Å². The van der Waals surface area contributed by atoms with Crippen molar-refractivity contribution in [3.8, 4) is 0 Å². The van der Waals surface area contributed by atoms with Crippen LogP contribution in [0.4, 0.5) is 0 Å². The molecule has 0 heterocycles. The molecular formula is C14H16ClNO2. The molecule has 2 rings (SSSR count). The van der Waals surface area contributed by atoms with Gasteiger partial charge < -0.3 is 10.4 Å². The molecule has 3 nitrogen and oxygen atoms in total. The molecule has 1 aromatic rings. The lowest BCUT2D eigenvalue weighted by Gasteiger charge is -2.36. The zero-order valence-corrected chi connectivity index (χ0v) is 10.8. The zero-order chi connectivity index (χ0) is 13.0. The van der Waals surface area contributed by atoms with Crippen LogP contribution >= 0.6 is 11.6 Å². The third-order valence-corrected chi connectivity index (χ3v) is 3.43. The fraction of sp³-hybridized carbons (Fsp3) is 0.357. The van der Waals surface area contributed by atoms with Gasteiger partial charge in [-0.05, 0) is 43.0 Å². The van der Waals surface area contributed by atoms with Crippen LogP contribution in [0.2, 0.25) is 5.02 Å². The van der Waals surface area contributed by atoms with Crippen molar-refractivity contribution in [3.63, 3.8) is 0 Å². The number of carbonyl (C=O) groups excluding carboxylic acids is 1. The molecule has 1 aliphatic carbocycles. The van der Waals surface area contributed by atoms with Gasteiger partial charge in [0.2, 0.25) is 5.91 Å². The highest BCUT2D eigenvalue weighted by atomic mass is 35.5. The van der Waals surface area contributed by atoms with E-state index in [9.17, 15) is 9.90 Å². The molecule has 0 saturated heterocycles. The first-order valence-electron chi connectivity index (χ1n) is 6.01. The Labute approximate surface area is 111 Å². The summed E-state index contributed by atoms with van der Waals surface area (Å²) in [5, 5.41) is 13.2. The monoisotopic (exact) mass is 265 g/mol. The number of hydrogen-bond donors (Lipinski definition) is 2. The van der Waals surface area contributed by atoms with Crippen LogP contribution in [0.1, 0.15) is 24.8 Å². The van der Waals surface area contributed by atoms with Crippen LogP contribution in [0.25, 0.3) is 6.08 Å². The van der Waals surface area contributed by atoms with Crippen LogP contribution in [-0.2, 0) is 4.79 Å². The molecule has 0 radical (unpaired) electrons. The van der Waals surface area contributed by atoms with Gasteiger partial charge in [0.05, 0.1) is 5.60 Å². The summed E-state index contributed by atoms with van der Waals surface area (Å²) in [4.78, 5) is 11.5. The lowest BCUT2D eigenvalue weighted by atomic mass is 9.80. The van der Waals surface area contributed by atoms with E-state index in [1.54, 1.807) is 18.2 Å². The molecule has 1 fully saturated rings. The maximum atomic E-state index is 11.5. The second kappa shape index (κ2) is 5.55. The fourth-order valence-corrected chi connectivity index (χ4v) is 1.94. The number of benzene rings is 1. The lowest BCUT2D eigenvalue weighted by molar-refractivity contribution is -0.118. The minimum atomic E-state index is -0.677. The predicted molar refractivity (Wildman–Crippen MR) is 72.3 cm³/mol. The topological polar surface area (TPSA) is 49.3 Å². The Morgan fingerprint density at radius 3 is 2.61 bits per heavy atom. The Morgan fingerprint density at radius 1 is 1.39 bits per heavy atom. The van der Waals surface area contributed by atoms with Gasteiger partial charge in [0, 0.05) is 17.6 Å². The lowest BCUT2D eigenvalue weighted by Crippen LogP contribution is -2.47. The van der Waals surface area contributed by atoms with Crippen LogP contribution in [0.5, 0.6) is 0 Å². The summed E-state index contributed by atoms with van der Waals surface area (Å²) < 4.78 is 0. The molecule has 0 aromatic heterocycles. The van der Waals surface area contributed by atoms with E-state index in [1.165, 1.54) is 6.08 Å².